The predicted octanol–water partition coefficient (Wildman–Crippen LogP) is 3.98. The van der Waals surface area contributed by atoms with Crippen molar-refractivity contribution in [3.63, 3.8) is 0 Å². The van der Waals surface area contributed by atoms with Crippen molar-refractivity contribution in [3.05, 3.63) is 89.5 Å². The molecule has 1 amide bonds. The molecule has 0 bridgehead atoms. The Kier molecular flexibility index (Phi) is 12.0. The van der Waals surface area contributed by atoms with Crippen LogP contribution in [0.1, 0.15) is 34.3 Å². The van der Waals surface area contributed by atoms with Gasteiger partial charge in [0.2, 0.25) is 5.91 Å². The number of aromatic amines is 1. The van der Waals surface area contributed by atoms with Crippen molar-refractivity contribution in [1.82, 2.24) is 14.8 Å². The maximum absolute atomic E-state index is 12.9. The van der Waals surface area contributed by atoms with Gasteiger partial charge in [-0.05, 0) is 43.4 Å². The van der Waals surface area contributed by atoms with Gasteiger partial charge in [-0.3, -0.25) is 19.3 Å². The van der Waals surface area contributed by atoms with Crippen LogP contribution >= 0.6 is 0 Å². The Morgan fingerprint density at radius 1 is 0.875 bits per heavy atom. The predicted molar refractivity (Wildman–Crippen MR) is 181 cm³/mol. The van der Waals surface area contributed by atoms with Gasteiger partial charge in [-0.2, -0.15) is 0 Å². The number of aromatic nitrogens is 1. The first kappa shape index (κ1) is 35.3. The fourth-order valence-electron chi connectivity index (χ4n) is 5.07. The van der Waals surface area contributed by atoms with Crippen LogP contribution in [0.4, 0.5) is 11.4 Å². The summed E-state index contributed by atoms with van der Waals surface area (Å²) < 4.78 is 4.83. The molecule has 2 heterocycles. The van der Waals surface area contributed by atoms with E-state index in [1.807, 2.05) is 54.6 Å². The number of carboxylic acids is 2. The molecule has 3 aromatic carbocycles. The molecule has 4 aromatic rings. The highest BCUT2D eigenvalue weighted by Gasteiger charge is 2.21. The van der Waals surface area contributed by atoms with Gasteiger partial charge in [0.15, 0.2) is 5.88 Å². The molecule has 0 spiro atoms. The van der Waals surface area contributed by atoms with Gasteiger partial charge in [-0.15, -0.1) is 0 Å². The minimum atomic E-state index is -1.08. The standard InChI is InChI=1S/C31H33N5O4.C4H6O4/c1-34-15-17-36(18-16-34)20-27(37)35(2)24-12-10-23(11-13-24)32-29(21-7-5-4-6-8-21)28-25-14-9-22(31(39)40-3)19-26(25)33-30(28)38;5-3(6)1-2-4(7)8/h4-14,19,33,38H,15-18,20H2,1-3H3;1-2H2,(H,5,6)(H,7,8). The molecule has 48 heavy (non-hydrogen) atoms. The number of likely N-dealkylation sites (N-methyl/N-ethyl adjacent to an activating group) is 2. The van der Waals surface area contributed by atoms with Crippen molar-refractivity contribution >= 4 is 51.8 Å². The summed E-state index contributed by atoms with van der Waals surface area (Å²) in [6.07, 6.45) is -0.593. The molecule has 0 aliphatic carbocycles. The summed E-state index contributed by atoms with van der Waals surface area (Å²) in [4.78, 5) is 58.3. The molecule has 0 unspecified atom stereocenters. The normalized spacial score (nSPS) is 13.8. The molecular formula is C35H39N5O8. The third-order valence-corrected chi connectivity index (χ3v) is 7.84. The van der Waals surface area contributed by atoms with Crippen LogP contribution in [-0.2, 0) is 19.1 Å². The number of carbonyl (C=O) groups excluding carboxylic acids is 2. The number of piperazine rings is 1. The number of esters is 1. The van der Waals surface area contributed by atoms with Gasteiger partial charge < -0.3 is 34.8 Å². The lowest BCUT2D eigenvalue weighted by molar-refractivity contribution is -0.143. The number of aromatic hydroxyl groups is 1. The largest absolute Gasteiger partial charge is 0.494 e. The summed E-state index contributed by atoms with van der Waals surface area (Å²) in [6, 6.07) is 22.2. The minimum Gasteiger partial charge on any atom is -0.494 e. The van der Waals surface area contributed by atoms with E-state index in [4.69, 9.17) is 19.9 Å². The van der Waals surface area contributed by atoms with Crippen LogP contribution in [-0.4, -0.2) is 114 Å². The summed E-state index contributed by atoms with van der Waals surface area (Å²) >= 11 is 0. The lowest BCUT2D eigenvalue weighted by atomic mass is 10.00. The fourth-order valence-corrected chi connectivity index (χ4v) is 5.07. The zero-order chi connectivity index (χ0) is 34.8. The molecule has 252 valence electrons. The molecule has 0 atom stereocenters. The lowest BCUT2D eigenvalue weighted by Gasteiger charge is -2.32. The quantitative estimate of drug-likeness (QED) is 0.144. The van der Waals surface area contributed by atoms with Gasteiger partial charge in [0.25, 0.3) is 0 Å². The number of nitrogens with zero attached hydrogens (tertiary/aromatic N) is 4. The average molecular weight is 658 g/mol. The van der Waals surface area contributed by atoms with Crippen LogP contribution in [0, 0.1) is 0 Å². The highest BCUT2D eigenvalue weighted by Crippen LogP contribution is 2.32. The highest BCUT2D eigenvalue weighted by atomic mass is 16.5. The monoisotopic (exact) mass is 657 g/mol. The van der Waals surface area contributed by atoms with Gasteiger partial charge in [-0.1, -0.05) is 36.4 Å². The molecular weight excluding hydrogens is 618 g/mol. The number of aliphatic carboxylic acids is 2. The van der Waals surface area contributed by atoms with Gasteiger partial charge in [0, 0.05) is 55.4 Å². The number of benzene rings is 3. The number of amides is 1. The third-order valence-electron chi connectivity index (χ3n) is 7.84. The number of hydrogen-bond acceptors (Lipinski definition) is 9. The number of ether oxygens (including phenoxy) is 1. The number of hydrogen-bond donors (Lipinski definition) is 4. The molecule has 0 radical (unpaired) electrons. The number of anilines is 1. The second-order valence-corrected chi connectivity index (χ2v) is 11.3. The van der Waals surface area contributed by atoms with Crippen LogP contribution in [0.3, 0.4) is 0 Å². The highest BCUT2D eigenvalue weighted by molar-refractivity contribution is 6.22. The van der Waals surface area contributed by atoms with Crippen molar-refractivity contribution in [3.8, 4) is 5.88 Å². The second-order valence-electron chi connectivity index (χ2n) is 11.3. The smallest absolute Gasteiger partial charge is 0.337 e. The lowest BCUT2D eigenvalue weighted by Crippen LogP contribution is -2.48. The van der Waals surface area contributed by atoms with Gasteiger partial charge in [0.05, 0.1) is 49.0 Å². The zero-order valence-corrected chi connectivity index (χ0v) is 27.0. The maximum atomic E-state index is 12.9. The zero-order valence-electron chi connectivity index (χ0n) is 27.0. The van der Waals surface area contributed by atoms with E-state index in [2.05, 4.69) is 21.8 Å². The summed E-state index contributed by atoms with van der Waals surface area (Å²) in [5.74, 6) is -2.62. The van der Waals surface area contributed by atoms with E-state index in [0.29, 0.717) is 34.6 Å². The van der Waals surface area contributed by atoms with Crippen molar-refractivity contribution in [2.75, 3.05) is 58.8 Å². The molecule has 1 aliphatic heterocycles. The summed E-state index contributed by atoms with van der Waals surface area (Å²) in [7, 11) is 5.22. The first-order valence-corrected chi connectivity index (χ1v) is 15.3. The van der Waals surface area contributed by atoms with Gasteiger partial charge in [-0.25, -0.2) is 9.79 Å². The number of nitrogens with one attached hydrogen (secondary N) is 1. The third kappa shape index (κ3) is 9.27. The number of aliphatic imine (C=N–C) groups is 1. The number of carboxylic acid groups (broad SMARTS) is 2. The minimum absolute atomic E-state index is 0.0424. The topological polar surface area (TPSA) is 176 Å². The first-order valence-electron chi connectivity index (χ1n) is 15.3. The molecule has 13 heteroatoms. The van der Waals surface area contributed by atoms with Crippen LogP contribution in [0.25, 0.3) is 10.9 Å². The molecule has 1 aliphatic rings. The Labute approximate surface area is 277 Å². The molecule has 5 rings (SSSR count). The Bertz CT molecular complexity index is 1760. The van der Waals surface area contributed by atoms with E-state index in [1.54, 1.807) is 30.1 Å². The molecule has 13 nitrogen and oxygen atoms in total. The SMILES string of the molecule is COC(=O)c1ccc2c(C(=Nc3ccc(N(C)C(=O)CN4CCN(C)CC4)cc3)c3ccccc3)c(O)[nH]c2c1.O=C(O)CCC(=O)O. The van der Waals surface area contributed by atoms with Gasteiger partial charge in [0.1, 0.15) is 0 Å². The van der Waals surface area contributed by atoms with Crippen LogP contribution in [0.5, 0.6) is 5.88 Å². The Balaban J connectivity index is 0.000000579. The number of methoxy groups -OCH3 is 1. The molecule has 1 aromatic heterocycles. The second kappa shape index (κ2) is 16.3. The van der Waals surface area contributed by atoms with E-state index >= 15 is 0 Å². The Morgan fingerprint density at radius 2 is 1.50 bits per heavy atom. The van der Waals surface area contributed by atoms with Crippen molar-refractivity contribution in [2.24, 2.45) is 4.99 Å². The molecule has 1 saturated heterocycles. The van der Waals surface area contributed by atoms with Crippen LogP contribution in [0.15, 0.2) is 77.8 Å². The Morgan fingerprint density at radius 3 is 2.08 bits per heavy atom. The number of rotatable bonds is 10. The number of carbonyl (C=O) groups is 4. The van der Waals surface area contributed by atoms with E-state index < -0.39 is 17.9 Å². The summed E-state index contributed by atoms with van der Waals surface area (Å²) in [6.45, 7) is 4.09. The molecule has 4 N–H and O–H groups in total. The van der Waals surface area contributed by atoms with Crippen LogP contribution in [0.2, 0.25) is 0 Å². The van der Waals surface area contributed by atoms with Crippen molar-refractivity contribution in [2.45, 2.75) is 12.8 Å². The van der Waals surface area contributed by atoms with E-state index in [0.717, 1.165) is 42.8 Å². The van der Waals surface area contributed by atoms with E-state index in [1.165, 1.54) is 7.11 Å². The maximum Gasteiger partial charge on any atom is 0.337 e. The van der Waals surface area contributed by atoms with Crippen LogP contribution < -0.4 is 4.90 Å². The van der Waals surface area contributed by atoms with E-state index in [9.17, 15) is 24.3 Å². The van der Waals surface area contributed by atoms with E-state index in [-0.39, 0.29) is 24.6 Å². The number of fused-ring (bicyclic) bond motifs is 1. The molecule has 0 saturated carbocycles. The fraction of sp³-hybridized carbons (Fsp3) is 0.286. The van der Waals surface area contributed by atoms with Gasteiger partial charge >= 0.3 is 17.9 Å². The summed E-state index contributed by atoms with van der Waals surface area (Å²) in [5.41, 5.74) is 4.34. The molecule has 1 fully saturated rings. The number of H-pyrrole nitrogens is 1. The first-order chi connectivity index (χ1) is 23.0. The van der Waals surface area contributed by atoms with Crippen molar-refractivity contribution < 1.29 is 39.2 Å². The Hall–Kier alpha value is -5.53. The summed E-state index contributed by atoms with van der Waals surface area (Å²) in [5, 5.41) is 27.5. The van der Waals surface area contributed by atoms with Crippen molar-refractivity contribution in [1.29, 1.82) is 0 Å². The average Bonchev–Trinajstić information content (AvgIpc) is 3.42.